The van der Waals surface area contributed by atoms with Crippen molar-refractivity contribution in [3.05, 3.63) is 59.8 Å². The Morgan fingerprint density at radius 3 is 2.63 bits per heavy atom. The zero-order chi connectivity index (χ0) is 21.4. The normalized spacial score (nSPS) is 13.1. The fraction of sp³-hybridized carbons (Fsp3) is 0.273. The molecular weight excluding hydrogens is 387 g/mol. The SMILES string of the molecule is CC(C)OC(=O)CN1Cc2nccc(-c3cn(C)nc3-c3ccc(F)cc3)c2C1=O. The molecule has 30 heavy (non-hydrogen) atoms. The Labute approximate surface area is 173 Å². The lowest BCUT2D eigenvalue weighted by Crippen LogP contribution is -2.32. The van der Waals surface area contributed by atoms with Gasteiger partial charge < -0.3 is 9.64 Å². The van der Waals surface area contributed by atoms with E-state index in [1.165, 1.54) is 17.0 Å². The van der Waals surface area contributed by atoms with Crippen LogP contribution in [0.2, 0.25) is 0 Å². The summed E-state index contributed by atoms with van der Waals surface area (Å²) in [6.45, 7) is 3.63. The summed E-state index contributed by atoms with van der Waals surface area (Å²) in [6, 6.07) is 7.81. The number of aryl methyl sites for hydroxylation is 1. The highest BCUT2D eigenvalue weighted by atomic mass is 19.1. The third-order valence-electron chi connectivity index (χ3n) is 4.79. The largest absolute Gasteiger partial charge is 0.462 e. The molecule has 2 aromatic heterocycles. The second-order valence-electron chi connectivity index (χ2n) is 7.45. The fourth-order valence-corrected chi connectivity index (χ4v) is 3.59. The van der Waals surface area contributed by atoms with Gasteiger partial charge in [0, 0.05) is 36.1 Å². The van der Waals surface area contributed by atoms with Gasteiger partial charge in [0.05, 0.1) is 23.9 Å². The maximum Gasteiger partial charge on any atom is 0.325 e. The highest BCUT2D eigenvalue weighted by molar-refractivity contribution is 6.06. The summed E-state index contributed by atoms with van der Waals surface area (Å²) in [7, 11) is 1.79. The Hall–Kier alpha value is -3.55. The van der Waals surface area contributed by atoms with E-state index in [-0.39, 0.29) is 30.9 Å². The van der Waals surface area contributed by atoms with Crippen molar-refractivity contribution < 1.29 is 18.7 Å². The molecule has 4 rings (SSSR count). The Kier molecular flexibility index (Phi) is 5.07. The highest BCUT2D eigenvalue weighted by Gasteiger charge is 2.34. The molecule has 1 aliphatic heterocycles. The van der Waals surface area contributed by atoms with Gasteiger partial charge in [-0.25, -0.2) is 4.39 Å². The van der Waals surface area contributed by atoms with Crippen molar-refractivity contribution in [2.75, 3.05) is 6.54 Å². The van der Waals surface area contributed by atoms with Crippen molar-refractivity contribution in [3.8, 4) is 22.4 Å². The maximum absolute atomic E-state index is 13.4. The molecule has 1 aromatic carbocycles. The first-order valence-corrected chi connectivity index (χ1v) is 9.60. The van der Waals surface area contributed by atoms with E-state index < -0.39 is 5.97 Å². The first-order valence-electron chi connectivity index (χ1n) is 9.60. The second kappa shape index (κ2) is 7.70. The van der Waals surface area contributed by atoms with E-state index in [1.54, 1.807) is 50.0 Å². The lowest BCUT2D eigenvalue weighted by molar-refractivity contribution is -0.148. The van der Waals surface area contributed by atoms with Crippen molar-refractivity contribution in [2.24, 2.45) is 7.05 Å². The Balaban J connectivity index is 1.72. The summed E-state index contributed by atoms with van der Waals surface area (Å²) in [5.41, 5.74) is 3.84. The van der Waals surface area contributed by atoms with Gasteiger partial charge in [0.1, 0.15) is 18.1 Å². The van der Waals surface area contributed by atoms with E-state index >= 15 is 0 Å². The minimum absolute atomic E-state index is 0.134. The molecule has 0 unspecified atom stereocenters. The van der Waals surface area contributed by atoms with E-state index in [2.05, 4.69) is 10.1 Å². The minimum Gasteiger partial charge on any atom is -0.462 e. The first kappa shape index (κ1) is 19.8. The highest BCUT2D eigenvalue weighted by Crippen LogP contribution is 2.36. The number of halogens is 1. The molecule has 3 heterocycles. The lowest BCUT2D eigenvalue weighted by atomic mass is 9.97. The maximum atomic E-state index is 13.4. The van der Waals surface area contributed by atoms with Crippen LogP contribution >= 0.6 is 0 Å². The summed E-state index contributed by atoms with van der Waals surface area (Å²) in [6.07, 6.45) is 3.20. The third kappa shape index (κ3) is 3.68. The molecule has 0 aliphatic carbocycles. The number of ether oxygens (including phenoxy) is 1. The van der Waals surface area contributed by atoms with Gasteiger partial charge in [0.2, 0.25) is 0 Å². The van der Waals surface area contributed by atoms with Gasteiger partial charge in [-0.3, -0.25) is 19.3 Å². The van der Waals surface area contributed by atoms with Gasteiger partial charge in [-0.05, 0) is 44.2 Å². The molecule has 0 N–H and O–H groups in total. The van der Waals surface area contributed by atoms with Crippen molar-refractivity contribution in [2.45, 2.75) is 26.5 Å². The van der Waals surface area contributed by atoms with Gasteiger partial charge in [0.15, 0.2) is 0 Å². The number of hydrogen-bond donors (Lipinski definition) is 0. The Morgan fingerprint density at radius 1 is 1.20 bits per heavy atom. The number of benzene rings is 1. The van der Waals surface area contributed by atoms with Crippen LogP contribution in [0.15, 0.2) is 42.7 Å². The predicted octanol–water partition coefficient (Wildman–Crippen LogP) is 3.20. The molecule has 154 valence electrons. The second-order valence-corrected chi connectivity index (χ2v) is 7.45. The van der Waals surface area contributed by atoms with Gasteiger partial charge in [-0.15, -0.1) is 0 Å². The molecule has 3 aromatic rings. The smallest absolute Gasteiger partial charge is 0.325 e. The van der Waals surface area contributed by atoms with Crippen LogP contribution in [0.5, 0.6) is 0 Å². The van der Waals surface area contributed by atoms with Crippen molar-refractivity contribution in [3.63, 3.8) is 0 Å². The Morgan fingerprint density at radius 2 is 1.93 bits per heavy atom. The standard InChI is InChI=1S/C22H21FN4O3/c1-13(2)30-19(28)12-27-11-18-20(22(27)29)16(8-9-24-18)17-10-26(3)25-21(17)14-4-6-15(23)7-5-14/h4-10,13H,11-12H2,1-3H3. The first-order chi connectivity index (χ1) is 14.3. The minimum atomic E-state index is -0.457. The number of fused-ring (bicyclic) bond motifs is 1. The molecule has 0 fully saturated rings. The molecule has 1 amide bonds. The molecule has 0 saturated heterocycles. The van der Waals surface area contributed by atoms with E-state index in [0.717, 1.165) is 11.1 Å². The van der Waals surface area contributed by atoms with Gasteiger partial charge in [0.25, 0.3) is 5.91 Å². The quantitative estimate of drug-likeness (QED) is 0.606. The van der Waals surface area contributed by atoms with Crippen LogP contribution in [0.4, 0.5) is 4.39 Å². The van der Waals surface area contributed by atoms with Crippen LogP contribution < -0.4 is 0 Å². The molecule has 0 bridgehead atoms. The summed E-state index contributed by atoms with van der Waals surface area (Å²) in [5, 5.41) is 4.51. The molecule has 8 heteroatoms. The van der Waals surface area contributed by atoms with Crippen LogP contribution in [0.25, 0.3) is 22.4 Å². The number of aromatic nitrogens is 3. The van der Waals surface area contributed by atoms with Crippen LogP contribution in [0.1, 0.15) is 29.9 Å². The molecule has 0 saturated carbocycles. The number of rotatable bonds is 5. The number of nitrogens with zero attached hydrogens (tertiary/aromatic N) is 4. The number of hydrogen-bond acceptors (Lipinski definition) is 5. The zero-order valence-electron chi connectivity index (χ0n) is 16.9. The number of amides is 1. The fourth-order valence-electron chi connectivity index (χ4n) is 3.59. The topological polar surface area (TPSA) is 77.3 Å². The lowest BCUT2D eigenvalue weighted by Gasteiger charge is -2.16. The number of pyridine rings is 1. The van der Waals surface area contributed by atoms with Gasteiger partial charge >= 0.3 is 5.97 Å². The predicted molar refractivity (Wildman–Crippen MR) is 108 cm³/mol. The molecular formula is C22H21FN4O3. The summed E-state index contributed by atoms with van der Waals surface area (Å²) in [4.78, 5) is 30.9. The van der Waals surface area contributed by atoms with Crippen LogP contribution in [0, 0.1) is 5.82 Å². The monoisotopic (exact) mass is 408 g/mol. The van der Waals surface area contributed by atoms with E-state index in [0.29, 0.717) is 22.5 Å². The van der Waals surface area contributed by atoms with Gasteiger partial charge in [-0.2, -0.15) is 5.10 Å². The van der Waals surface area contributed by atoms with Gasteiger partial charge in [-0.1, -0.05) is 0 Å². The zero-order valence-corrected chi connectivity index (χ0v) is 16.9. The number of esters is 1. The van der Waals surface area contributed by atoms with Crippen LogP contribution in [0.3, 0.4) is 0 Å². The summed E-state index contributed by atoms with van der Waals surface area (Å²) >= 11 is 0. The molecule has 1 aliphatic rings. The average Bonchev–Trinajstić information content (AvgIpc) is 3.22. The molecule has 0 spiro atoms. The third-order valence-corrected chi connectivity index (χ3v) is 4.79. The van der Waals surface area contributed by atoms with Crippen LogP contribution in [-0.2, 0) is 23.1 Å². The Bertz CT molecular complexity index is 1120. The van der Waals surface area contributed by atoms with Crippen LogP contribution in [-0.4, -0.2) is 44.2 Å². The van der Waals surface area contributed by atoms with E-state index in [1.807, 2.05) is 6.20 Å². The van der Waals surface area contributed by atoms with Crippen molar-refractivity contribution in [1.29, 1.82) is 0 Å². The number of carbonyl (C=O) groups is 2. The number of carbonyl (C=O) groups excluding carboxylic acids is 2. The molecule has 0 radical (unpaired) electrons. The van der Waals surface area contributed by atoms with Crippen molar-refractivity contribution >= 4 is 11.9 Å². The summed E-state index contributed by atoms with van der Waals surface area (Å²) < 4.78 is 20.2. The van der Waals surface area contributed by atoms with E-state index in [4.69, 9.17) is 4.74 Å². The molecule has 0 atom stereocenters. The van der Waals surface area contributed by atoms with Crippen molar-refractivity contribution in [1.82, 2.24) is 19.7 Å². The summed E-state index contributed by atoms with van der Waals surface area (Å²) in [5.74, 6) is -1.07. The van der Waals surface area contributed by atoms with E-state index in [9.17, 15) is 14.0 Å². The molecule has 7 nitrogen and oxygen atoms in total. The average molecular weight is 408 g/mol.